The van der Waals surface area contributed by atoms with Gasteiger partial charge in [0, 0.05) is 23.9 Å². The van der Waals surface area contributed by atoms with E-state index in [1.807, 2.05) is 30.3 Å². The highest BCUT2D eigenvalue weighted by Crippen LogP contribution is 2.27. The standard InChI is InChI=1S/C19H14F2N4O2/c1-11-23-24-19(27-11)17-8-12-4-2-3-5-16(12)25(17)10-18(26)22-15-7-6-13(20)9-14(15)21/h2-9H,10H2,1H3,(H,22,26). The van der Waals surface area contributed by atoms with Gasteiger partial charge in [-0.05, 0) is 24.3 Å². The second-order valence-electron chi connectivity index (χ2n) is 5.97. The molecule has 0 aliphatic heterocycles. The largest absolute Gasteiger partial charge is 0.420 e. The number of nitrogens with zero attached hydrogens (tertiary/aromatic N) is 3. The molecular weight excluding hydrogens is 354 g/mol. The first-order valence-electron chi connectivity index (χ1n) is 8.15. The van der Waals surface area contributed by atoms with Crippen molar-refractivity contribution in [2.75, 3.05) is 5.32 Å². The molecule has 0 bridgehead atoms. The van der Waals surface area contributed by atoms with Gasteiger partial charge in [0.25, 0.3) is 5.89 Å². The summed E-state index contributed by atoms with van der Waals surface area (Å²) in [5.41, 5.74) is 1.28. The second-order valence-corrected chi connectivity index (χ2v) is 5.97. The number of aromatic nitrogens is 3. The third-order valence-corrected chi connectivity index (χ3v) is 4.06. The molecule has 0 radical (unpaired) electrons. The van der Waals surface area contributed by atoms with Crippen molar-refractivity contribution < 1.29 is 18.0 Å². The molecule has 0 aliphatic carbocycles. The summed E-state index contributed by atoms with van der Waals surface area (Å²) in [5.74, 6) is -1.34. The van der Waals surface area contributed by atoms with Gasteiger partial charge >= 0.3 is 0 Å². The van der Waals surface area contributed by atoms with Crippen molar-refractivity contribution in [1.29, 1.82) is 0 Å². The van der Waals surface area contributed by atoms with Gasteiger partial charge in [-0.3, -0.25) is 4.79 Å². The van der Waals surface area contributed by atoms with Crippen molar-refractivity contribution in [3.05, 3.63) is 66.1 Å². The van der Waals surface area contributed by atoms with Crippen LogP contribution in [0.15, 0.2) is 52.9 Å². The van der Waals surface area contributed by atoms with E-state index in [0.717, 1.165) is 17.0 Å². The lowest BCUT2D eigenvalue weighted by atomic mass is 10.2. The number of carbonyl (C=O) groups excluding carboxylic acids is 1. The Labute approximate surface area is 152 Å². The van der Waals surface area contributed by atoms with Gasteiger partial charge in [0.05, 0.1) is 5.69 Å². The normalized spacial score (nSPS) is 11.1. The Balaban J connectivity index is 1.69. The molecule has 1 N–H and O–H groups in total. The van der Waals surface area contributed by atoms with Crippen LogP contribution >= 0.6 is 0 Å². The van der Waals surface area contributed by atoms with Gasteiger partial charge < -0.3 is 14.3 Å². The summed E-state index contributed by atoms with van der Waals surface area (Å²) in [6, 6.07) is 12.3. The van der Waals surface area contributed by atoms with E-state index in [4.69, 9.17) is 4.42 Å². The lowest BCUT2D eigenvalue weighted by Gasteiger charge is -2.10. The zero-order valence-corrected chi connectivity index (χ0v) is 14.2. The highest BCUT2D eigenvalue weighted by Gasteiger charge is 2.18. The van der Waals surface area contributed by atoms with Crippen LogP contribution in [0.5, 0.6) is 0 Å². The third kappa shape index (κ3) is 3.29. The molecule has 0 atom stereocenters. The van der Waals surface area contributed by atoms with Gasteiger partial charge in [0.1, 0.15) is 23.9 Å². The Kier molecular flexibility index (Phi) is 4.15. The number of rotatable bonds is 4. The van der Waals surface area contributed by atoms with E-state index in [0.29, 0.717) is 17.7 Å². The Bertz CT molecular complexity index is 1150. The summed E-state index contributed by atoms with van der Waals surface area (Å²) in [7, 11) is 0. The predicted molar refractivity (Wildman–Crippen MR) is 95.0 cm³/mol. The van der Waals surface area contributed by atoms with Gasteiger partial charge in [-0.1, -0.05) is 18.2 Å². The average molecular weight is 368 g/mol. The number of nitrogens with one attached hydrogen (secondary N) is 1. The summed E-state index contributed by atoms with van der Waals surface area (Å²) in [4.78, 5) is 12.5. The molecule has 136 valence electrons. The number of anilines is 1. The van der Waals surface area contributed by atoms with Crippen molar-refractivity contribution in [3.63, 3.8) is 0 Å². The molecule has 2 aromatic carbocycles. The Morgan fingerprint density at radius 2 is 1.96 bits per heavy atom. The fourth-order valence-electron chi connectivity index (χ4n) is 2.88. The van der Waals surface area contributed by atoms with Crippen LogP contribution < -0.4 is 5.32 Å². The smallest absolute Gasteiger partial charge is 0.264 e. The molecule has 0 spiro atoms. The number of carbonyl (C=O) groups is 1. The van der Waals surface area contributed by atoms with Gasteiger partial charge in [-0.2, -0.15) is 0 Å². The van der Waals surface area contributed by atoms with Gasteiger partial charge in [-0.25, -0.2) is 8.78 Å². The Hall–Kier alpha value is -3.55. The summed E-state index contributed by atoms with van der Waals surface area (Å²) >= 11 is 0. The molecule has 6 nitrogen and oxygen atoms in total. The zero-order valence-electron chi connectivity index (χ0n) is 14.2. The van der Waals surface area contributed by atoms with E-state index in [-0.39, 0.29) is 18.1 Å². The van der Waals surface area contributed by atoms with Crippen molar-refractivity contribution in [2.24, 2.45) is 0 Å². The lowest BCUT2D eigenvalue weighted by molar-refractivity contribution is -0.116. The van der Waals surface area contributed by atoms with E-state index >= 15 is 0 Å². The van der Waals surface area contributed by atoms with Crippen LogP contribution in [0.2, 0.25) is 0 Å². The molecule has 2 aromatic heterocycles. The Morgan fingerprint density at radius 3 is 2.70 bits per heavy atom. The quantitative estimate of drug-likeness (QED) is 0.593. The molecule has 0 fully saturated rings. The molecular formula is C19H14F2N4O2. The fraction of sp³-hybridized carbons (Fsp3) is 0.105. The highest BCUT2D eigenvalue weighted by atomic mass is 19.1. The minimum atomic E-state index is -0.839. The highest BCUT2D eigenvalue weighted by molar-refractivity contribution is 5.93. The number of hydrogen-bond acceptors (Lipinski definition) is 4. The molecule has 27 heavy (non-hydrogen) atoms. The molecule has 0 unspecified atom stereocenters. The molecule has 4 rings (SSSR count). The number of aryl methyl sites for hydroxylation is 1. The number of benzene rings is 2. The van der Waals surface area contributed by atoms with Gasteiger partial charge in [0.15, 0.2) is 0 Å². The van der Waals surface area contributed by atoms with Crippen LogP contribution in [-0.2, 0) is 11.3 Å². The van der Waals surface area contributed by atoms with Crippen molar-refractivity contribution in [2.45, 2.75) is 13.5 Å². The predicted octanol–water partition coefficient (Wildman–Crippen LogP) is 3.92. The summed E-state index contributed by atoms with van der Waals surface area (Å²) < 4.78 is 34.0. The maximum Gasteiger partial charge on any atom is 0.264 e. The lowest BCUT2D eigenvalue weighted by Crippen LogP contribution is -2.20. The maximum atomic E-state index is 13.8. The first-order valence-corrected chi connectivity index (χ1v) is 8.15. The van der Waals surface area contributed by atoms with Crippen LogP contribution in [-0.4, -0.2) is 20.7 Å². The van der Waals surface area contributed by atoms with Gasteiger partial charge in [0.2, 0.25) is 11.8 Å². The van der Waals surface area contributed by atoms with Crippen molar-refractivity contribution >= 4 is 22.5 Å². The molecule has 1 amide bonds. The SMILES string of the molecule is Cc1nnc(-c2cc3ccccc3n2CC(=O)Nc2ccc(F)cc2F)o1. The molecule has 4 aromatic rings. The number of amides is 1. The summed E-state index contributed by atoms with van der Waals surface area (Å²) in [6.45, 7) is 1.56. The molecule has 0 aliphatic rings. The number of fused-ring (bicyclic) bond motifs is 1. The molecule has 2 heterocycles. The summed E-state index contributed by atoms with van der Waals surface area (Å²) in [5, 5.41) is 11.2. The van der Waals surface area contributed by atoms with Gasteiger partial charge in [-0.15, -0.1) is 10.2 Å². The Morgan fingerprint density at radius 1 is 1.15 bits per heavy atom. The van der Waals surface area contributed by atoms with Crippen molar-refractivity contribution in [1.82, 2.24) is 14.8 Å². The number of hydrogen-bond donors (Lipinski definition) is 1. The van der Waals surface area contributed by atoms with Crippen LogP contribution in [0.1, 0.15) is 5.89 Å². The van der Waals surface area contributed by atoms with Crippen molar-refractivity contribution in [3.8, 4) is 11.6 Å². The topological polar surface area (TPSA) is 73.0 Å². The van der Waals surface area contributed by atoms with E-state index in [2.05, 4.69) is 15.5 Å². The molecule has 8 heteroatoms. The molecule has 0 saturated carbocycles. The summed E-state index contributed by atoms with van der Waals surface area (Å²) in [6.07, 6.45) is 0. The van der Waals surface area contributed by atoms with E-state index < -0.39 is 17.5 Å². The van der Waals surface area contributed by atoms with E-state index in [1.54, 1.807) is 11.5 Å². The van der Waals surface area contributed by atoms with Crippen LogP contribution in [0.3, 0.4) is 0 Å². The minimum absolute atomic E-state index is 0.0898. The van der Waals surface area contributed by atoms with Crippen LogP contribution in [0.4, 0.5) is 14.5 Å². The average Bonchev–Trinajstić information content (AvgIpc) is 3.21. The first kappa shape index (κ1) is 16.9. The third-order valence-electron chi connectivity index (χ3n) is 4.06. The van der Waals surface area contributed by atoms with E-state index in [9.17, 15) is 13.6 Å². The second kappa shape index (κ2) is 6.64. The minimum Gasteiger partial charge on any atom is -0.420 e. The monoisotopic (exact) mass is 368 g/mol. The number of para-hydroxylation sites is 1. The number of halogens is 2. The van der Waals surface area contributed by atoms with E-state index in [1.165, 1.54) is 6.07 Å². The van der Waals surface area contributed by atoms with Crippen LogP contribution in [0.25, 0.3) is 22.5 Å². The molecule has 0 saturated heterocycles. The zero-order chi connectivity index (χ0) is 19.0. The maximum absolute atomic E-state index is 13.8. The van der Waals surface area contributed by atoms with Crippen LogP contribution in [0, 0.1) is 18.6 Å². The first-order chi connectivity index (χ1) is 13.0. The fourth-order valence-corrected chi connectivity index (χ4v) is 2.88.